The number of thioether (sulfide) groups is 1. The van der Waals surface area contributed by atoms with Crippen LogP contribution in [-0.2, 0) is 0 Å². The highest BCUT2D eigenvalue weighted by Gasteiger charge is 2.54. The zero-order valence-corrected chi connectivity index (χ0v) is 15.3. The largest absolute Gasteiger partial charge is 0.399 e. The van der Waals surface area contributed by atoms with Crippen LogP contribution < -0.4 is 5.73 Å². The van der Waals surface area contributed by atoms with Crippen molar-refractivity contribution in [2.45, 2.75) is 5.92 Å². The number of allylic oxidation sites excluding steroid dienone is 3. The molecule has 1 aliphatic heterocycles. The number of benzene rings is 2. The van der Waals surface area contributed by atoms with E-state index in [4.69, 9.17) is 5.73 Å². The summed E-state index contributed by atoms with van der Waals surface area (Å²) in [5, 5.41) is 32.0. The molecule has 0 bridgehead atoms. The average molecular weight is 368 g/mol. The highest BCUT2D eigenvalue weighted by Crippen LogP contribution is 2.55. The van der Waals surface area contributed by atoms with Crippen LogP contribution in [0, 0.1) is 45.3 Å². The van der Waals surface area contributed by atoms with Crippen LogP contribution >= 0.6 is 11.8 Å². The lowest BCUT2D eigenvalue weighted by Gasteiger charge is -2.43. The molecule has 2 unspecified atom stereocenters. The van der Waals surface area contributed by atoms with Gasteiger partial charge in [0, 0.05) is 23.3 Å². The molecule has 4 rings (SSSR count). The molecule has 0 radical (unpaired) electrons. The first-order valence-corrected chi connectivity index (χ1v) is 9.82. The summed E-state index contributed by atoms with van der Waals surface area (Å²) in [6.07, 6.45) is 2.03. The molecule has 2 N–H and O–H groups in total. The second-order valence-electron chi connectivity index (χ2n) is 6.78. The molecule has 27 heavy (non-hydrogen) atoms. The zero-order chi connectivity index (χ0) is 19.0. The molecule has 4 nitrogen and oxygen atoms in total. The maximum Gasteiger partial charge on any atom is 0.191 e. The summed E-state index contributed by atoms with van der Waals surface area (Å²) in [5.41, 5.74) is 6.99. The summed E-state index contributed by atoms with van der Waals surface area (Å²) in [6, 6.07) is 20.5. The minimum atomic E-state index is -1.56. The van der Waals surface area contributed by atoms with Crippen molar-refractivity contribution in [3.8, 4) is 18.2 Å². The van der Waals surface area contributed by atoms with Gasteiger partial charge >= 0.3 is 0 Å². The van der Waals surface area contributed by atoms with Gasteiger partial charge in [0.2, 0.25) is 0 Å². The lowest BCUT2D eigenvalue weighted by Crippen LogP contribution is -2.43. The van der Waals surface area contributed by atoms with Crippen molar-refractivity contribution in [2.75, 3.05) is 11.5 Å². The Kier molecular flexibility index (Phi) is 4.15. The van der Waals surface area contributed by atoms with E-state index in [1.165, 1.54) is 0 Å². The summed E-state index contributed by atoms with van der Waals surface area (Å²) >= 11 is 1.75. The Morgan fingerprint density at radius 1 is 1.04 bits per heavy atom. The summed E-state index contributed by atoms with van der Waals surface area (Å²) in [4.78, 5) is 0. The molecule has 1 heterocycles. The van der Waals surface area contributed by atoms with E-state index in [2.05, 4.69) is 18.2 Å². The Morgan fingerprint density at radius 2 is 1.78 bits per heavy atom. The smallest absolute Gasteiger partial charge is 0.191 e. The van der Waals surface area contributed by atoms with Crippen molar-refractivity contribution in [1.29, 1.82) is 15.8 Å². The van der Waals surface area contributed by atoms with Crippen LogP contribution in [0.5, 0.6) is 0 Å². The van der Waals surface area contributed by atoms with E-state index in [0.29, 0.717) is 5.57 Å². The van der Waals surface area contributed by atoms with E-state index in [1.54, 1.807) is 11.8 Å². The van der Waals surface area contributed by atoms with Gasteiger partial charge in [0.05, 0.1) is 23.4 Å². The van der Waals surface area contributed by atoms with Crippen molar-refractivity contribution in [3.63, 3.8) is 0 Å². The maximum atomic E-state index is 10.1. The fourth-order valence-corrected chi connectivity index (χ4v) is 5.41. The fourth-order valence-electron chi connectivity index (χ4n) is 4.35. The third-order valence-electron chi connectivity index (χ3n) is 5.59. The Balaban J connectivity index is 2.09. The quantitative estimate of drug-likeness (QED) is 0.820. The molecule has 2 aromatic carbocycles. The minimum absolute atomic E-state index is 0.0855. The van der Waals surface area contributed by atoms with Crippen molar-refractivity contribution >= 4 is 22.5 Å². The standard InChI is InChI=1S/C22H16N4S/c23-10-18-16-8-9-27-11-19(16)20(22(12-24,13-25)21(18)26)17-7-3-5-14-4-1-2-6-15(14)17/h1-8,19-20H,9,11,26H2. The van der Waals surface area contributed by atoms with E-state index in [9.17, 15) is 15.8 Å². The van der Waals surface area contributed by atoms with Crippen LogP contribution in [0.25, 0.3) is 10.8 Å². The maximum absolute atomic E-state index is 10.1. The van der Waals surface area contributed by atoms with Crippen LogP contribution in [0.3, 0.4) is 0 Å². The van der Waals surface area contributed by atoms with Crippen molar-refractivity contribution < 1.29 is 0 Å². The Hall–Kier alpha value is -3.20. The van der Waals surface area contributed by atoms with E-state index in [1.807, 2.05) is 48.5 Å². The number of fused-ring (bicyclic) bond motifs is 2. The molecule has 130 valence electrons. The fraction of sp³-hybridized carbons (Fsp3) is 0.227. The van der Waals surface area contributed by atoms with Gasteiger partial charge in [0.25, 0.3) is 0 Å². The highest BCUT2D eigenvalue weighted by molar-refractivity contribution is 7.99. The molecule has 0 saturated carbocycles. The van der Waals surface area contributed by atoms with Crippen LogP contribution in [0.1, 0.15) is 11.5 Å². The van der Waals surface area contributed by atoms with Gasteiger partial charge in [0.15, 0.2) is 5.41 Å². The predicted octanol–water partition coefficient (Wildman–Crippen LogP) is 4.00. The number of rotatable bonds is 1. The third kappa shape index (κ3) is 2.35. The van der Waals surface area contributed by atoms with Gasteiger partial charge in [-0.05, 0) is 21.9 Å². The predicted molar refractivity (Wildman–Crippen MR) is 106 cm³/mol. The first-order chi connectivity index (χ1) is 13.2. The molecule has 0 aromatic heterocycles. The summed E-state index contributed by atoms with van der Waals surface area (Å²) in [5.74, 6) is 1.03. The average Bonchev–Trinajstić information content (AvgIpc) is 2.73. The topological polar surface area (TPSA) is 97.4 Å². The molecular formula is C22H16N4S. The van der Waals surface area contributed by atoms with Crippen LogP contribution in [0.4, 0.5) is 0 Å². The van der Waals surface area contributed by atoms with E-state index in [0.717, 1.165) is 33.4 Å². The summed E-state index contributed by atoms with van der Waals surface area (Å²) < 4.78 is 0. The Morgan fingerprint density at radius 3 is 2.52 bits per heavy atom. The number of nitrogens with two attached hydrogens (primary N) is 1. The monoisotopic (exact) mass is 368 g/mol. The Bertz CT molecular complexity index is 1100. The van der Waals surface area contributed by atoms with Gasteiger partial charge in [-0.15, -0.1) is 0 Å². The van der Waals surface area contributed by atoms with Crippen LogP contribution in [0.2, 0.25) is 0 Å². The lowest BCUT2D eigenvalue weighted by molar-refractivity contribution is 0.370. The van der Waals surface area contributed by atoms with Gasteiger partial charge in [-0.2, -0.15) is 27.5 Å². The van der Waals surface area contributed by atoms with Gasteiger partial charge in [-0.3, -0.25) is 0 Å². The number of nitrogens with zero attached hydrogens (tertiary/aromatic N) is 3. The third-order valence-corrected chi connectivity index (χ3v) is 6.59. The second kappa shape index (κ2) is 6.51. The first kappa shape index (κ1) is 17.2. The molecular weight excluding hydrogens is 352 g/mol. The van der Waals surface area contributed by atoms with Gasteiger partial charge < -0.3 is 5.73 Å². The molecule has 2 aromatic rings. The Labute approximate surface area is 162 Å². The summed E-state index contributed by atoms with van der Waals surface area (Å²) in [7, 11) is 0. The van der Waals surface area contributed by atoms with Crippen LogP contribution in [-0.4, -0.2) is 11.5 Å². The van der Waals surface area contributed by atoms with Gasteiger partial charge in [0.1, 0.15) is 6.07 Å². The molecule has 5 heteroatoms. The molecule has 1 aliphatic carbocycles. The van der Waals surface area contributed by atoms with Crippen molar-refractivity contribution in [1.82, 2.24) is 0 Å². The van der Waals surface area contributed by atoms with E-state index in [-0.39, 0.29) is 11.6 Å². The lowest BCUT2D eigenvalue weighted by atomic mass is 9.58. The van der Waals surface area contributed by atoms with Crippen molar-refractivity contribution in [2.24, 2.45) is 17.1 Å². The van der Waals surface area contributed by atoms with Crippen molar-refractivity contribution in [3.05, 3.63) is 70.9 Å². The zero-order valence-electron chi connectivity index (χ0n) is 14.5. The normalized spacial score (nSPS) is 23.5. The van der Waals surface area contributed by atoms with Gasteiger partial charge in [-0.1, -0.05) is 48.5 Å². The number of nitriles is 3. The molecule has 2 aliphatic rings. The summed E-state index contributed by atoms with van der Waals surface area (Å²) in [6.45, 7) is 0. The second-order valence-corrected chi connectivity index (χ2v) is 7.86. The number of hydrogen-bond acceptors (Lipinski definition) is 5. The molecule has 2 atom stereocenters. The van der Waals surface area contributed by atoms with Crippen LogP contribution in [0.15, 0.2) is 65.4 Å². The SMILES string of the molecule is N#CC1=C(N)C(C#N)(C#N)C(c2cccc3ccccc23)C2CSCC=C12. The molecule has 0 amide bonds. The first-order valence-electron chi connectivity index (χ1n) is 8.66. The number of hydrogen-bond donors (Lipinski definition) is 1. The highest BCUT2D eigenvalue weighted by atomic mass is 32.2. The molecule has 0 saturated heterocycles. The van der Waals surface area contributed by atoms with E-state index >= 15 is 0 Å². The van der Waals surface area contributed by atoms with E-state index < -0.39 is 11.3 Å². The minimum Gasteiger partial charge on any atom is -0.399 e. The molecule has 0 fully saturated rings. The van der Waals surface area contributed by atoms with Gasteiger partial charge in [-0.25, -0.2) is 0 Å². The molecule has 0 spiro atoms.